The zero-order valence-electron chi connectivity index (χ0n) is 17.9. The Kier molecular flexibility index (Phi) is 6.50. The molecule has 1 aliphatic rings. The Hall–Kier alpha value is -3.26. The average Bonchev–Trinajstić information content (AvgIpc) is 3.22. The van der Waals surface area contributed by atoms with Crippen LogP contribution >= 0.6 is 11.6 Å². The fraction of sp³-hybridized carbons (Fsp3) is 0.304. The lowest BCUT2D eigenvalue weighted by atomic mass is 9.96. The number of ether oxygens (including phenoxy) is 2. The molecule has 32 heavy (non-hydrogen) atoms. The van der Waals surface area contributed by atoms with E-state index in [1.54, 1.807) is 30.2 Å². The number of nitrogens with zero attached hydrogens (tertiary/aromatic N) is 2. The Balaban J connectivity index is 1.68. The summed E-state index contributed by atoms with van der Waals surface area (Å²) >= 11 is 5.88. The molecular weight excluding hydrogens is 435 g/mol. The number of carbonyl (C=O) groups is 1. The van der Waals surface area contributed by atoms with Gasteiger partial charge in [0, 0.05) is 23.1 Å². The summed E-state index contributed by atoms with van der Waals surface area (Å²) < 4.78 is 24.3. The maximum Gasteiger partial charge on any atom is 0.326 e. The largest absolute Gasteiger partial charge is 0.493 e. The van der Waals surface area contributed by atoms with E-state index in [1.807, 2.05) is 0 Å². The molecule has 0 saturated heterocycles. The maximum atomic E-state index is 13.5. The Bertz CT molecular complexity index is 1130. The van der Waals surface area contributed by atoms with Gasteiger partial charge in [-0.1, -0.05) is 11.6 Å². The topological polar surface area (TPSA) is 79.5 Å². The van der Waals surface area contributed by atoms with Crippen molar-refractivity contribution in [2.45, 2.75) is 32.2 Å². The third-order valence-corrected chi connectivity index (χ3v) is 5.83. The molecule has 7 nitrogen and oxygen atoms in total. The number of fused-ring (bicyclic) bond motifs is 1. The lowest BCUT2D eigenvalue weighted by Gasteiger charge is -2.24. The Morgan fingerprint density at radius 2 is 1.94 bits per heavy atom. The van der Waals surface area contributed by atoms with Gasteiger partial charge in [0.15, 0.2) is 11.5 Å². The predicted octanol–water partition coefficient (Wildman–Crippen LogP) is 5.34. The van der Waals surface area contributed by atoms with Crippen molar-refractivity contribution in [3.05, 3.63) is 64.2 Å². The molecule has 0 radical (unpaired) electrons. The highest BCUT2D eigenvalue weighted by molar-refractivity contribution is 6.31. The number of benzene rings is 2. The van der Waals surface area contributed by atoms with Gasteiger partial charge < -0.3 is 14.8 Å². The van der Waals surface area contributed by atoms with Crippen LogP contribution in [-0.4, -0.2) is 30.4 Å². The molecule has 1 heterocycles. The van der Waals surface area contributed by atoms with Crippen molar-refractivity contribution in [2.24, 2.45) is 0 Å². The number of halogens is 2. The molecule has 0 aliphatic heterocycles. The van der Waals surface area contributed by atoms with Crippen molar-refractivity contribution < 1.29 is 18.7 Å². The van der Waals surface area contributed by atoms with Crippen molar-refractivity contribution in [1.29, 1.82) is 0 Å². The van der Waals surface area contributed by atoms with E-state index in [0.717, 1.165) is 37.1 Å². The van der Waals surface area contributed by atoms with Gasteiger partial charge in [-0.2, -0.15) is 5.10 Å². The Morgan fingerprint density at radius 1 is 1.16 bits per heavy atom. The molecule has 2 N–H and O–H groups in total. The van der Waals surface area contributed by atoms with Crippen LogP contribution in [0.3, 0.4) is 0 Å². The van der Waals surface area contributed by atoms with Crippen molar-refractivity contribution in [3.63, 3.8) is 0 Å². The molecule has 1 aliphatic carbocycles. The zero-order valence-corrected chi connectivity index (χ0v) is 18.6. The predicted molar refractivity (Wildman–Crippen MR) is 121 cm³/mol. The first-order valence-electron chi connectivity index (χ1n) is 10.3. The summed E-state index contributed by atoms with van der Waals surface area (Å²) in [6.45, 7) is 0.252. The summed E-state index contributed by atoms with van der Waals surface area (Å²) in [5.74, 6) is 0.500. The number of nitrogens with one attached hydrogen (secondary N) is 2. The highest BCUT2D eigenvalue weighted by Gasteiger charge is 2.24. The monoisotopic (exact) mass is 458 g/mol. The number of hydrogen-bond donors (Lipinski definition) is 2. The number of methoxy groups -OCH3 is 2. The summed E-state index contributed by atoms with van der Waals surface area (Å²) in [4.78, 5) is 14.9. The number of hydrogen-bond acceptors (Lipinski definition) is 4. The van der Waals surface area contributed by atoms with Gasteiger partial charge in [-0.05, 0) is 61.6 Å². The normalized spacial score (nSPS) is 12.8. The van der Waals surface area contributed by atoms with E-state index in [0.29, 0.717) is 22.9 Å². The molecule has 0 saturated carbocycles. The van der Waals surface area contributed by atoms with Gasteiger partial charge in [0.1, 0.15) is 5.82 Å². The van der Waals surface area contributed by atoms with Crippen LogP contribution in [0.15, 0.2) is 36.4 Å². The fourth-order valence-electron chi connectivity index (χ4n) is 3.87. The Labute approximate surface area is 190 Å². The maximum absolute atomic E-state index is 13.5. The molecule has 1 aromatic heterocycles. The molecule has 0 bridgehead atoms. The minimum atomic E-state index is -0.551. The van der Waals surface area contributed by atoms with E-state index < -0.39 is 11.8 Å². The molecule has 0 fully saturated rings. The number of urea groups is 1. The Morgan fingerprint density at radius 3 is 2.69 bits per heavy atom. The minimum Gasteiger partial charge on any atom is -0.493 e. The van der Waals surface area contributed by atoms with Crippen molar-refractivity contribution in [3.8, 4) is 11.5 Å². The molecule has 4 rings (SSSR count). The second-order valence-electron chi connectivity index (χ2n) is 7.52. The van der Waals surface area contributed by atoms with Gasteiger partial charge in [0.25, 0.3) is 0 Å². The van der Waals surface area contributed by atoms with Crippen LogP contribution in [0.1, 0.15) is 29.8 Å². The first kappa shape index (κ1) is 22.0. The second-order valence-corrected chi connectivity index (χ2v) is 7.93. The van der Waals surface area contributed by atoms with Gasteiger partial charge in [-0.15, -0.1) is 0 Å². The molecule has 2 aromatic carbocycles. The number of aryl methyl sites for hydroxylation is 1. The van der Waals surface area contributed by atoms with Gasteiger partial charge in [0.05, 0.1) is 31.5 Å². The smallest absolute Gasteiger partial charge is 0.326 e. The van der Waals surface area contributed by atoms with Crippen LogP contribution in [0.2, 0.25) is 5.02 Å². The highest BCUT2D eigenvalue weighted by atomic mass is 35.5. The van der Waals surface area contributed by atoms with E-state index in [4.69, 9.17) is 21.1 Å². The number of anilines is 2. The third-order valence-electron chi connectivity index (χ3n) is 5.54. The van der Waals surface area contributed by atoms with Crippen molar-refractivity contribution in [1.82, 2.24) is 10.2 Å². The van der Waals surface area contributed by atoms with Crippen molar-refractivity contribution in [2.75, 3.05) is 24.4 Å². The molecule has 0 spiro atoms. The highest BCUT2D eigenvalue weighted by Crippen LogP contribution is 2.33. The average molecular weight is 459 g/mol. The number of carbonyl (C=O) groups excluding carboxylic acids is 1. The second kappa shape index (κ2) is 9.48. The molecule has 168 valence electrons. The molecule has 9 heteroatoms. The van der Waals surface area contributed by atoms with E-state index in [1.165, 1.54) is 30.9 Å². The summed E-state index contributed by atoms with van der Waals surface area (Å²) in [7, 11) is 3.09. The quantitative estimate of drug-likeness (QED) is 0.522. The van der Waals surface area contributed by atoms with Crippen LogP contribution in [-0.2, 0) is 19.4 Å². The molecule has 0 atom stereocenters. The first-order chi connectivity index (χ1) is 15.5. The summed E-state index contributed by atoms with van der Waals surface area (Å²) in [5.41, 5.74) is 4.10. The SMILES string of the molecule is COc1ccc(N(Cc2n[nH]c3c2CCCC3)C(=O)Nc2ccc(F)c(Cl)c2)cc1OC. The number of H-pyrrole nitrogens is 1. The summed E-state index contributed by atoms with van der Waals surface area (Å²) in [5, 5.41) is 10.3. The lowest BCUT2D eigenvalue weighted by Crippen LogP contribution is -2.35. The van der Waals surface area contributed by atoms with Crippen LogP contribution < -0.4 is 19.7 Å². The van der Waals surface area contributed by atoms with E-state index in [9.17, 15) is 9.18 Å². The van der Waals surface area contributed by atoms with Gasteiger partial charge >= 0.3 is 6.03 Å². The van der Waals surface area contributed by atoms with Crippen LogP contribution in [0.4, 0.5) is 20.6 Å². The van der Waals surface area contributed by atoms with E-state index in [2.05, 4.69) is 15.5 Å². The third kappa shape index (κ3) is 4.50. The number of aromatic nitrogens is 2. The van der Waals surface area contributed by atoms with E-state index >= 15 is 0 Å². The van der Waals surface area contributed by atoms with Gasteiger partial charge in [-0.3, -0.25) is 10.00 Å². The van der Waals surface area contributed by atoms with Gasteiger partial charge in [-0.25, -0.2) is 9.18 Å². The van der Waals surface area contributed by atoms with Crippen LogP contribution in [0, 0.1) is 5.82 Å². The molecule has 2 amide bonds. The van der Waals surface area contributed by atoms with Gasteiger partial charge in [0.2, 0.25) is 0 Å². The lowest BCUT2D eigenvalue weighted by molar-refractivity contribution is 0.256. The first-order valence-corrected chi connectivity index (χ1v) is 10.7. The van der Waals surface area contributed by atoms with Crippen LogP contribution in [0.5, 0.6) is 11.5 Å². The van der Waals surface area contributed by atoms with Crippen LogP contribution in [0.25, 0.3) is 0 Å². The number of amides is 2. The minimum absolute atomic E-state index is 0.0677. The van der Waals surface area contributed by atoms with Crippen molar-refractivity contribution >= 4 is 29.0 Å². The standard InChI is InChI=1S/C23H24ClFN4O3/c1-31-21-10-8-15(12-22(21)32-2)29(13-20-16-5-3-4-6-19(16)27-28-20)23(30)26-14-7-9-18(25)17(24)11-14/h7-12H,3-6,13H2,1-2H3,(H,26,30)(H,27,28). The van der Waals surface area contributed by atoms with E-state index in [-0.39, 0.29) is 11.6 Å². The molecular formula is C23H24ClFN4O3. The fourth-order valence-corrected chi connectivity index (χ4v) is 4.05. The molecule has 0 unspecified atom stereocenters. The molecule has 3 aromatic rings. The number of rotatable bonds is 6. The summed E-state index contributed by atoms with van der Waals surface area (Å²) in [6.07, 6.45) is 4.10. The zero-order chi connectivity index (χ0) is 22.7. The number of aromatic amines is 1. The summed E-state index contributed by atoms with van der Waals surface area (Å²) in [6, 6.07) is 8.88.